The molecule has 0 saturated heterocycles. The zero-order valence-corrected chi connectivity index (χ0v) is 12.4. The molecule has 0 aliphatic heterocycles. The van der Waals surface area contributed by atoms with Gasteiger partial charge in [0.25, 0.3) is 0 Å². The molecule has 0 aromatic heterocycles. The first-order chi connectivity index (χ1) is 8.58. The van der Waals surface area contributed by atoms with E-state index >= 15 is 0 Å². The number of nitriles is 1. The van der Waals surface area contributed by atoms with Crippen LogP contribution in [0.3, 0.4) is 0 Å². The number of hydrogen-bond donors (Lipinski definition) is 0. The number of ether oxygens (including phenoxy) is 1. The van der Waals surface area contributed by atoms with Crippen LogP contribution in [0.5, 0.6) is 5.75 Å². The van der Waals surface area contributed by atoms with Crippen molar-refractivity contribution in [3.63, 3.8) is 0 Å². The van der Waals surface area contributed by atoms with E-state index in [2.05, 4.69) is 35.8 Å². The summed E-state index contributed by atoms with van der Waals surface area (Å²) in [5.74, 6) is 2.31. The molecule has 0 heterocycles. The molecule has 1 saturated carbocycles. The summed E-state index contributed by atoms with van der Waals surface area (Å²) in [4.78, 5) is 0. The first-order valence-electron chi connectivity index (χ1n) is 6.44. The minimum atomic E-state index is 0.299. The largest absolute Gasteiger partial charge is 0.489 e. The van der Waals surface area contributed by atoms with Gasteiger partial charge in [-0.3, -0.25) is 0 Å². The summed E-state index contributed by atoms with van der Waals surface area (Å²) in [6.07, 6.45) is 3.84. The molecule has 3 heteroatoms. The van der Waals surface area contributed by atoms with Crippen molar-refractivity contribution in [3.05, 3.63) is 28.2 Å². The molecule has 0 spiro atoms. The van der Waals surface area contributed by atoms with Crippen LogP contribution in [0.4, 0.5) is 0 Å². The zero-order chi connectivity index (χ0) is 13.1. The van der Waals surface area contributed by atoms with Crippen molar-refractivity contribution >= 4 is 15.9 Å². The van der Waals surface area contributed by atoms with Crippen molar-refractivity contribution in [2.24, 2.45) is 11.8 Å². The molecule has 0 radical (unpaired) electrons. The van der Waals surface area contributed by atoms with Crippen LogP contribution in [0.25, 0.3) is 0 Å². The lowest BCUT2D eigenvalue weighted by Gasteiger charge is -2.31. The van der Waals surface area contributed by atoms with Gasteiger partial charge in [0.05, 0.1) is 22.2 Å². The van der Waals surface area contributed by atoms with Crippen molar-refractivity contribution in [1.29, 1.82) is 5.26 Å². The van der Waals surface area contributed by atoms with Gasteiger partial charge in [-0.15, -0.1) is 0 Å². The summed E-state index contributed by atoms with van der Waals surface area (Å²) in [7, 11) is 0. The van der Waals surface area contributed by atoms with E-state index in [1.54, 1.807) is 6.07 Å². The summed E-state index contributed by atoms with van der Waals surface area (Å²) in [6.45, 7) is 4.58. The average Bonchev–Trinajstić information content (AvgIpc) is 2.30. The minimum Gasteiger partial charge on any atom is -0.489 e. The van der Waals surface area contributed by atoms with Crippen molar-refractivity contribution < 1.29 is 4.74 Å². The van der Waals surface area contributed by atoms with Crippen molar-refractivity contribution in [3.8, 4) is 11.8 Å². The second-order valence-electron chi connectivity index (χ2n) is 5.41. The van der Waals surface area contributed by atoms with Crippen LogP contribution in [-0.4, -0.2) is 6.10 Å². The monoisotopic (exact) mass is 307 g/mol. The van der Waals surface area contributed by atoms with Gasteiger partial charge in [0.15, 0.2) is 0 Å². The van der Waals surface area contributed by atoms with E-state index in [1.165, 1.54) is 6.42 Å². The minimum absolute atomic E-state index is 0.299. The van der Waals surface area contributed by atoms with Crippen LogP contribution >= 0.6 is 15.9 Å². The SMILES string of the molecule is CC1CC(C)CC(Oc2ccc(C#N)cc2Br)C1. The normalized spacial score (nSPS) is 27.6. The second kappa shape index (κ2) is 5.75. The Bertz CT molecular complexity index is 456. The Morgan fingerprint density at radius 1 is 1.22 bits per heavy atom. The van der Waals surface area contributed by atoms with Crippen LogP contribution in [0.15, 0.2) is 22.7 Å². The van der Waals surface area contributed by atoms with E-state index in [0.717, 1.165) is 34.9 Å². The molecule has 1 aromatic carbocycles. The molecule has 18 heavy (non-hydrogen) atoms. The van der Waals surface area contributed by atoms with Crippen LogP contribution < -0.4 is 4.74 Å². The molecular weight excluding hydrogens is 290 g/mol. The first-order valence-corrected chi connectivity index (χ1v) is 7.24. The van der Waals surface area contributed by atoms with Gasteiger partial charge in [0.1, 0.15) is 5.75 Å². The predicted molar refractivity (Wildman–Crippen MR) is 75.5 cm³/mol. The van der Waals surface area contributed by atoms with E-state index in [1.807, 2.05) is 12.1 Å². The Balaban J connectivity index is 2.07. The molecule has 0 amide bonds. The molecular formula is C15H18BrNO. The van der Waals surface area contributed by atoms with Gasteiger partial charge in [0, 0.05) is 0 Å². The fourth-order valence-corrected chi connectivity index (χ4v) is 3.29. The van der Waals surface area contributed by atoms with Crippen LogP contribution in [0.2, 0.25) is 0 Å². The highest BCUT2D eigenvalue weighted by Gasteiger charge is 2.25. The first kappa shape index (κ1) is 13.4. The average molecular weight is 308 g/mol. The molecule has 2 atom stereocenters. The van der Waals surface area contributed by atoms with Gasteiger partial charge in [0.2, 0.25) is 0 Å². The Labute approximate surface area is 117 Å². The Morgan fingerprint density at radius 3 is 2.44 bits per heavy atom. The summed E-state index contributed by atoms with van der Waals surface area (Å²) in [5.41, 5.74) is 0.652. The number of rotatable bonds is 2. The highest BCUT2D eigenvalue weighted by molar-refractivity contribution is 9.10. The molecule has 96 valence electrons. The molecule has 1 aromatic rings. The van der Waals surface area contributed by atoms with Gasteiger partial charge in [-0.2, -0.15) is 5.26 Å². The van der Waals surface area contributed by atoms with E-state index in [-0.39, 0.29) is 0 Å². The Hall–Kier alpha value is -1.01. The molecule has 1 fully saturated rings. The zero-order valence-electron chi connectivity index (χ0n) is 10.8. The third-order valence-electron chi connectivity index (χ3n) is 3.49. The lowest BCUT2D eigenvalue weighted by atomic mass is 9.82. The fourth-order valence-electron chi connectivity index (χ4n) is 2.81. The van der Waals surface area contributed by atoms with E-state index in [0.29, 0.717) is 11.7 Å². The molecule has 2 nitrogen and oxygen atoms in total. The number of benzene rings is 1. The number of halogens is 1. The molecule has 1 aliphatic rings. The van der Waals surface area contributed by atoms with Crippen LogP contribution in [0, 0.1) is 23.2 Å². The lowest BCUT2D eigenvalue weighted by molar-refractivity contribution is 0.100. The maximum absolute atomic E-state index is 8.83. The van der Waals surface area contributed by atoms with Crippen molar-refractivity contribution in [1.82, 2.24) is 0 Å². The maximum Gasteiger partial charge on any atom is 0.133 e. The molecule has 2 rings (SSSR count). The quantitative estimate of drug-likeness (QED) is 0.804. The van der Waals surface area contributed by atoms with E-state index < -0.39 is 0 Å². The van der Waals surface area contributed by atoms with Gasteiger partial charge >= 0.3 is 0 Å². The molecule has 0 bridgehead atoms. The molecule has 2 unspecified atom stereocenters. The number of hydrogen-bond acceptors (Lipinski definition) is 2. The Morgan fingerprint density at radius 2 is 1.89 bits per heavy atom. The van der Waals surface area contributed by atoms with Crippen LogP contribution in [0.1, 0.15) is 38.7 Å². The lowest BCUT2D eigenvalue weighted by Crippen LogP contribution is -2.28. The third-order valence-corrected chi connectivity index (χ3v) is 4.11. The second-order valence-corrected chi connectivity index (χ2v) is 6.27. The fraction of sp³-hybridized carbons (Fsp3) is 0.533. The van der Waals surface area contributed by atoms with E-state index in [9.17, 15) is 0 Å². The van der Waals surface area contributed by atoms with Crippen molar-refractivity contribution in [2.75, 3.05) is 0 Å². The smallest absolute Gasteiger partial charge is 0.133 e. The standard InChI is InChI=1S/C15H18BrNO/c1-10-5-11(2)7-13(6-10)18-15-4-3-12(9-17)8-14(15)16/h3-4,8,10-11,13H,5-7H2,1-2H3. The third kappa shape index (κ3) is 3.26. The predicted octanol–water partition coefficient (Wildman–Crippen LogP) is 4.52. The van der Waals surface area contributed by atoms with Gasteiger partial charge < -0.3 is 4.74 Å². The maximum atomic E-state index is 8.83. The summed E-state index contributed by atoms with van der Waals surface area (Å²) < 4.78 is 6.94. The summed E-state index contributed by atoms with van der Waals surface area (Å²) in [6, 6.07) is 7.62. The van der Waals surface area contributed by atoms with Crippen LogP contribution in [-0.2, 0) is 0 Å². The Kier molecular flexibility index (Phi) is 4.29. The molecule has 1 aliphatic carbocycles. The van der Waals surface area contributed by atoms with Crippen molar-refractivity contribution in [2.45, 2.75) is 39.2 Å². The summed E-state index contributed by atoms with van der Waals surface area (Å²) >= 11 is 3.47. The highest BCUT2D eigenvalue weighted by Crippen LogP contribution is 2.34. The number of nitrogens with zero attached hydrogens (tertiary/aromatic N) is 1. The van der Waals surface area contributed by atoms with E-state index in [4.69, 9.17) is 10.00 Å². The highest BCUT2D eigenvalue weighted by atomic mass is 79.9. The van der Waals surface area contributed by atoms with Gasteiger partial charge in [-0.25, -0.2) is 0 Å². The summed E-state index contributed by atoms with van der Waals surface area (Å²) in [5, 5.41) is 8.83. The topological polar surface area (TPSA) is 33.0 Å². The molecule has 0 N–H and O–H groups in total. The van der Waals surface area contributed by atoms with Gasteiger partial charge in [-0.05, 0) is 65.2 Å². The van der Waals surface area contributed by atoms with Gasteiger partial charge in [-0.1, -0.05) is 13.8 Å².